The predicted octanol–water partition coefficient (Wildman–Crippen LogP) is 11.2. The number of anilines is 1. The average molecular weight is 749 g/mol. The lowest BCUT2D eigenvalue weighted by Gasteiger charge is -2.58. The molecule has 7 nitrogen and oxygen atoms in total. The van der Waals surface area contributed by atoms with Gasteiger partial charge < -0.3 is 9.64 Å². The SMILES string of the molecule is CC(C)CCC[C@@H](C)[C@H]1CC[C@H]2[C@@H]3CC=C4C[C@@H](OC(=O)CCN5/C(=C\C=C6\C=C([N+](=O)[O-])C=CC6=O)C(C)(C)c6ccccc65)CC[C@]4(C)[C@H]3CC[C@]12C. The number of rotatable bonds is 11. The minimum absolute atomic E-state index is 0.0882. The number of nitrogens with zero attached hydrogens (tertiary/aromatic N) is 2. The van der Waals surface area contributed by atoms with Gasteiger partial charge >= 0.3 is 5.97 Å². The molecule has 7 rings (SSSR count). The summed E-state index contributed by atoms with van der Waals surface area (Å²) in [7, 11) is 0. The van der Waals surface area contributed by atoms with Crippen molar-refractivity contribution in [1.82, 2.24) is 0 Å². The molecule has 0 bridgehead atoms. The van der Waals surface area contributed by atoms with Crippen molar-refractivity contribution in [3.8, 4) is 0 Å². The van der Waals surface area contributed by atoms with Gasteiger partial charge in [0.1, 0.15) is 6.10 Å². The standard InChI is InChI=1S/C48H64N2O5/c1-31(2)11-10-12-32(3)38-19-20-39-37-18-16-34-30-36(23-26-47(34,6)40(37)24-27-48(38,39)7)55-45(52)25-28-49-42-14-9-8-13-41(42)46(4,5)44(49)22-15-33-29-35(50(53)54)17-21-43(33)51/h8-9,13-17,21-22,29,31-32,36-40H,10-12,18-20,23-28,30H2,1-7H3/b33-15-,44-22-/t32-,36+,37+,38-,39+,40+,47+,48-/m1/s1. The van der Waals surface area contributed by atoms with Crippen LogP contribution >= 0.6 is 0 Å². The van der Waals surface area contributed by atoms with Crippen molar-refractivity contribution in [2.24, 2.45) is 46.3 Å². The number of allylic oxidation sites excluding steroid dienone is 8. The number of para-hydroxylation sites is 1. The highest BCUT2D eigenvalue weighted by molar-refractivity contribution is 6.07. The van der Waals surface area contributed by atoms with Crippen molar-refractivity contribution in [2.75, 3.05) is 11.4 Å². The van der Waals surface area contributed by atoms with E-state index in [1.807, 2.05) is 18.2 Å². The molecule has 1 aliphatic heterocycles. The van der Waals surface area contributed by atoms with Crippen LogP contribution in [-0.2, 0) is 19.7 Å². The first kappa shape index (κ1) is 39.5. The Morgan fingerprint density at radius 1 is 1.00 bits per heavy atom. The van der Waals surface area contributed by atoms with Crippen molar-refractivity contribution >= 4 is 17.4 Å². The molecule has 1 heterocycles. The highest BCUT2D eigenvalue weighted by Gasteiger charge is 2.59. The van der Waals surface area contributed by atoms with Gasteiger partial charge in [-0.05, 0) is 121 Å². The Bertz CT molecular complexity index is 1850. The number of hydrogen-bond donors (Lipinski definition) is 0. The van der Waals surface area contributed by atoms with E-state index < -0.39 is 10.3 Å². The molecule has 8 atom stereocenters. The van der Waals surface area contributed by atoms with E-state index >= 15 is 0 Å². The molecule has 0 radical (unpaired) electrons. The largest absolute Gasteiger partial charge is 0.462 e. The molecule has 7 heteroatoms. The minimum atomic E-state index is -0.489. The van der Waals surface area contributed by atoms with Crippen LogP contribution in [0.25, 0.3) is 0 Å². The first-order chi connectivity index (χ1) is 26.1. The van der Waals surface area contributed by atoms with Crippen molar-refractivity contribution < 1.29 is 19.2 Å². The van der Waals surface area contributed by atoms with Gasteiger partial charge in [-0.2, -0.15) is 0 Å². The van der Waals surface area contributed by atoms with Gasteiger partial charge in [-0.1, -0.05) is 97.6 Å². The van der Waals surface area contributed by atoms with Crippen LogP contribution in [0.15, 0.2) is 83.3 Å². The average Bonchev–Trinajstić information content (AvgIpc) is 3.60. The van der Waals surface area contributed by atoms with E-state index in [9.17, 15) is 19.7 Å². The van der Waals surface area contributed by atoms with Crippen LogP contribution < -0.4 is 4.90 Å². The molecule has 0 N–H and O–H groups in total. The van der Waals surface area contributed by atoms with Gasteiger partial charge in [-0.3, -0.25) is 19.7 Å². The molecule has 1 aromatic rings. The van der Waals surface area contributed by atoms with E-state index in [4.69, 9.17) is 4.74 Å². The summed E-state index contributed by atoms with van der Waals surface area (Å²) in [4.78, 5) is 39.3. The Hall–Kier alpha value is -3.74. The lowest BCUT2D eigenvalue weighted by molar-refractivity contribution is -0.419. The molecule has 0 amide bonds. The van der Waals surface area contributed by atoms with Gasteiger partial charge in [0.15, 0.2) is 5.78 Å². The van der Waals surface area contributed by atoms with Crippen molar-refractivity contribution in [3.05, 3.63) is 98.9 Å². The molecule has 55 heavy (non-hydrogen) atoms. The number of nitro groups is 1. The summed E-state index contributed by atoms with van der Waals surface area (Å²) in [6.07, 6.45) is 23.7. The Morgan fingerprint density at radius 2 is 1.78 bits per heavy atom. The zero-order valence-electron chi connectivity index (χ0n) is 34.4. The lowest BCUT2D eigenvalue weighted by atomic mass is 9.47. The summed E-state index contributed by atoms with van der Waals surface area (Å²) >= 11 is 0. The molecule has 3 fully saturated rings. The summed E-state index contributed by atoms with van der Waals surface area (Å²) in [6.45, 7) is 17.2. The van der Waals surface area contributed by atoms with Crippen LogP contribution in [-0.4, -0.2) is 29.3 Å². The molecular formula is C48H64N2O5. The molecule has 0 spiro atoms. The number of carbonyl (C=O) groups is 2. The van der Waals surface area contributed by atoms with Gasteiger partial charge in [0, 0.05) is 47.5 Å². The fraction of sp³-hybridized carbons (Fsp3) is 0.625. The third kappa shape index (κ3) is 7.34. The van der Waals surface area contributed by atoms with E-state index in [0.717, 1.165) is 71.7 Å². The van der Waals surface area contributed by atoms with Gasteiger partial charge in [0.2, 0.25) is 0 Å². The summed E-state index contributed by atoms with van der Waals surface area (Å²) in [5.74, 6) is 4.38. The van der Waals surface area contributed by atoms with Gasteiger partial charge in [-0.25, -0.2) is 0 Å². The zero-order chi connectivity index (χ0) is 39.3. The van der Waals surface area contributed by atoms with E-state index in [-0.39, 0.29) is 41.0 Å². The van der Waals surface area contributed by atoms with Crippen LogP contribution in [0.2, 0.25) is 0 Å². The second kappa shape index (κ2) is 15.3. The zero-order valence-corrected chi connectivity index (χ0v) is 34.4. The topological polar surface area (TPSA) is 89.8 Å². The first-order valence-electron chi connectivity index (χ1n) is 21.4. The molecule has 0 saturated heterocycles. The summed E-state index contributed by atoms with van der Waals surface area (Å²) < 4.78 is 6.27. The first-order valence-corrected chi connectivity index (χ1v) is 21.4. The number of ketones is 1. The number of hydrogen-bond acceptors (Lipinski definition) is 6. The second-order valence-electron chi connectivity index (χ2n) is 19.4. The second-order valence-corrected chi connectivity index (χ2v) is 19.4. The summed E-state index contributed by atoms with van der Waals surface area (Å²) in [5, 5.41) is 11.4. The molecule has 1 aromatic carbocycles. The Labute approximate surface area is 329 Å². The van der Waals surface area contributed by atoms with Crippen LogP contribution in [0.5, 0.6) is 0 Å². The maximum Gasteiger partial charge on any atom is 0.307 e. The third-order valence-electron chi connectivity index (χ3n) is 15.5. The highest BCUT2D eigenvalue weighted by Crippen LogP contribution is 2.67. The van der Waals surface area contributed by atoms with Gasteiger partial charge in [0.25, 0.3) is 5.70 Å². The number of fused-ring (bicyclic) bond motifs is 6. The lowest BCUT2D eigenvalue weighted by Crippen LogP contribution is -2.51. The van der Waals surface area contributed by atoms with E-state index in [1.54, 1.807) is 6.08 Å². The number of benzene rings is 1. The molecule has 0 aromatic heterocycles. The molecule has 5 aliphatic carbocycles. The summed E-state index contributed by atoms with van der Waals surface area (Å²) in [5.41, 5.74) is 5.05. The number of ether oxygens (including phenoxy) is 1. The molecule has 6 aliphatic rings. The van der Waals surface area contributed by atoms with E-state index in [0.29, 0.717) is 12.0 Å². The maximum atomic E-state index is 13.6. The van der Waals surface area contributed by atoms with Gasteiger partial charge in [0.05, 0.1) is 11.3 Å². The highest BCUT2D eigenvalue weighted by atomic mass is 16.6. The Kier molecular flexibility index (Phi) is 11.0. The van der Waals surface area contributed by atoms with E-state index in [2.05, 4.69) is 71.6 Å². The molecule has 296 valence electrons. The smallest absolute Gasteiger partial charge is 0.307 e. The maximum absolute atomic E-state index is 13.6. The third-order valence-corrected chi connectivity index (χ3v) is 15.5. The van der Waals surface area contributed by atoms with Crippen LogP contribution in [0, 0.1) is 56.5 Å². The van der Waals surface area contributed by atoms with Gasteiger partial charge in [-0.15, -0.1) is 0 Å². The quantitative estimate of drug-likeness (QED) is 0.0736. The van der Waals surface area contributed by atoms with Crippen molar-refractivity contribution in [3.63, 3.8) is 0 Å². The van der Waals surface area contributed by atoms with Crippen LogP contribution in [0.4, 0.5) is 5.69 Å². The van der Waals surface area contributed by atoms with Crippen LogP contribution in [0.3, 0.4) is 0 Å². The summed E-state index contributed by atoms with van der Waals surface area (Å²) in [6, 6.07) is 8.18. The normalized spacial score (nSPS) is 34.1. The minimum Gasteiger partial charge on any atom is -0.462 e. The fourth-order valence-corrected chi connectivity index (χ4v) is 12.5. The van der Waals surface area contributed by atoms with Crippen molar-refractivity contribution in [2.45, 2.75) is 137 Å². The van der Waals surface area contributed by atoms with E-state index in [1.165, 1.54) is 75.2 Å². The van der Waals surface area contributed by atoms with Crippen molar-refractivity contribution in [1.29, 1.82) is 0 Å². The molecule has 3 saturated carbocycles. The predicted molar refractivity (Wildman–Crippen MR) is 220 cm³/mol. The number of carbonyl (C=O) groups excluding carboxylic acids is 2. The monoisotopic (exact) mass is 748 g/mol. The Morgan fingerprint density at radius 3 is 2.55 bits per heavy atom. The Balaban J connectivity index is 0.999. The number of esters is 1. The fourth-order valence-electron chi connectivity index (χ4n) is 12.5. The van der Waals surface area contributed by atoms with Crippen LogP contribution in [0.1, 0.15) is 131 Å². The molecule has 0 unspecified atom stereocenters. The molecular weight excluding hydrogens is 685 g/mol.